The molecule has 0 saturated heterocycles. The van der Waals surface area contributed by atoms with Crippen molar-refractivity contribution in [3.05, 3.63) is 246 Å². The van der Waals surface area contributed by atoms with Crippen LogP contribution in [0.25, 0.3) is 22.3 Å². The average molecular weight is 752 g/mol. The highest BCUT2D eigenvalue weighted by Gasteiger charge is 2.28. The SMILES string of the molecule is C=N/C(=C\C(=NCc1cccc2c1C1=C(C2)CC(\C=C/C(=C\C=C\Nc2cccc(-c3ccccc3)c2)c2ccccc2)C=C1)c1ccccc1)C1(C)C=CC=CC1. The number of nitrogens with zero attached hydrogens (tertiary/aromatic N) is 2. The molecule has 0 bridgehead atoms. The lowest BCUT2D eigenvalue weighted by Crippen LogP contribution is -2.17. The van der Waals surface area contributed by atoms with Crippen molar-refractivity contribution < 1.29 is 0 Å². The lowest BCUT2D eigenvalue weighted by Gasteiger charge is -2.27. The second-order valence-corrected chi connectivity index (χ2v) is 15.3. The number of aliphatic imine (C=N–C) groups is 2. The van der Waals surface area contributed by atoms with E-state index in [9.17, 15) is 0 Å². The Balaban J connectivity index is 0.995. The minimum atomic E-state index is -0.223. The third kappa shape index (κ3) is 8.90. The third-order valence-electron chi connectivity index (χ3n) is 11.3. The average Bonchev–Trinajstić information content (AvgIpc) is 3.66. The van der Waals surface area contributed by atoms with E-state index in [4.69, 9.17) is 4.99 Å². The molecular weight excluding hydrogens is 703 g/mol. The highest BCUT2D eigenvalue weighted by atomic mass is 14.8. The molecule has 0 aromatic heterocycles. The van der Waals surface area contributed by atoms with E-state index in [1.807, 2.05) is 18.3 Å². The molecule has 58 heavy (non-hydrogen) atoms. The number of hydrogen-bond donors (Lipinski definition) is 1. The molecule has 8 rings (SSSR count). The summed E-state index contributed by atoms with van der Waals surface area (Å²) in [5.74, 6) is 0.314. The summed E-state index contributed by atoms with van der Waals surface area (Å²) >= 11 is 0. The Morgan fingerprint density at radius 1 is 0.828 bits per heavy atom. The number of anilines is 1. The largest absolute Gasteiger partial charge is 0.362 e. The van der Waals surface area contributed by atoms with Crippen molar-refractivity contribution in [3.8, 4) is 11.1 Å². The predicted molar refractivity (Wildman–Crippen MR) is 248 cm³/mol. The van der Waals surface area contributed by atoms with Crippen molar-refractivity contribution in [2.24, 2.45) is 21.3 Å². The summed E-state index contributed by atoms with van der Waals surface area (Å²) in [5, 5.41) is 3.47. The van der Waals surface area contributed by atoms with Gasteiger partial charge in [0.25, 0.3) is 0 Å². The van der Waals surface area contributed by atoms with Crippen LogP contribution in [0.4, 0.5) is 5.69 Å². The summed E-state index contributed by atoms with van der Waals surface area (Å²) in [6.07, 6.45) is 29.3. The fourth-order valence-corrected chi connectivity index (χ4v) is 8.13. The second-order valence-electron chi connectivity index (χ2n) is 15.3. The van der Waals surface area contributed by atoms with Gasteiger partial charge in [-0.25, -0.2) is 0 Å². The van der Waals surface area contributed by atoms with Gasteiger partial charge in [0.05, 0.1) is 18.0 Å². The molecule has 0 aliphatic heterocycles. The van der Waals surface area contributed by atoms with Crippen LogP contribution in [0.5, 0.6) is 0 Å². The highest BCUT2D eigenvalue weighted by molar-refractivity contribution is 6.09. The molecule has 284 valence electrons. The van der Waals surface area contributed by atoms with Gasteiger partial charge in [0.2, 0.25) is 0 Å². The van der Waals surface area contributed by atoms with Crippen LogP contribution < -0.4 is 5.32 Å². The Morgan fingerprint density at radius 3 is 2.33 bits per heavy atom. The van der Waals surface area contributed by atoms with Crippen LogP contribution in [-0.4, -0.2) is 12.4 Å². The molecular formula is C55H49N3. The smallest absolute Gasteiger partial charge is 0.0669 e. The second kappa shape index (κ2) is 18.0. The lowest BCUT2D eigenvalue weighted by atomic mass is 9.80. The minimum Gasteiger partial charge on any atom is -0.362 e. The van der Waals surface area contributed by atoms with Crippen LogP contribution in [-0.2, 0) is 13.0 Å². The quantitative estimate of drug-likeness (QED) is 0.0944. The zero-order valence-electron chi connectivity index (χ0n) is 33.1. The van der Waals surface area contributed by atoms with Crippen molar-refractivity contribution in [2.45, 2.75) is 32.7 Å². The zero-order valence-corrected chi connectivity index (χ0v) is 33.1. The molecule has 3 aliphatic rings. The standard InChI is InChI=1S/C55H49N3/c1-55(33-13-6-14-34-55)53(56-2)39-52(45-22-11-5-12-23-45)58-40-48-26-15-25-47-37-49-36-41(30-32-51(49)54(47)48)29-31-44(42-18-7-3-8-19-42)27-17-35-57-50-28-16-24-46(38-50)43-20-9-4-10-21-43/h3-33,35,38-39,41,57H,2,34,36-37,40H2,1H3/b31-29-,35-17+,44-27+,53-39-,58-52?. The summed E-state index contributed by atoms with van der Waals surface area (Å²) in [6.45, 7) is 6.76. The lowest BCUT2D eigenvalue weighted by molar-refractivity contribution is 0.513. The normalized spacial score (nSPS) is 19.2. The van der Waals surface area contributed by atoms with Gasteiger partial charge in [-0.2, -0.15) is 0 Å². The number of hydrogen-bond acceptors (Lipinski definition) is 3. The van der Waals surface area contributed by atoms with E-state index < -0.39 is 0 Å². The van der Waals surface area contributed by atoms with E-state index in [0.29, 0.717) is 12.5 Å². The number of allylic oxidation sites excluding steroid dienone is 14. The van der Waals surface area contributed by atoms with Gasteiger partial charge in [0.15, 0.2) is 0 Å². The van der Waals surface area contributed by atoms with E-state index in [1.54, 1.807) is 0 Å². The van der Waals surface area contributed by atoms with Crippen molar-refractivity contribution in [3.63, 3.8) is 0 Å². The van der Waals surface area contributed by atoms with E-state index in [2.05, 4.69) is 212 Å². The van der Waals surface area contributed by atoms with Gasteiger partial charge in [-0.15, -0.1) is 0 Å². The molecule has 2 unspecified atom stereocenters. The highest BCUT2D eigenvalue weighted by Crippen LogP contribution is 2.42. The molecule has 5 aromatic carbocycles. The van der Waals surface area contributed by atoms with Gasteiger partial charge in [-0.1, -0.05) is 189 Å². The van der Waals surface area contributed by atoms with Crippen LogP contribution in [0.1, 0.15) is 47.6 Å². The van der Waals surface area contributed by atoms with Crippen molar-refractivity contribution in [1.82, 2.24) is 0 Å². The maximum Gasteiger partial charge on any atom is 0.0669 e. The molecule has 0 heterocycles. The van der Waals surface area contributed by atoms with Crippen LogP contribution in [0.2, 0.25) is 0 Å². The molecule has 2 atom stereocenters. The van der Waals surface area contributed by atoms with E-state index in [1.165, 1.54) is 50.1 Å². The minimum absolute atomic E-state index is 0.223. The van der Waals surface area contributed by atoms with Gasteiger partial charge < -0.3 is 5.32 Å². The Kier molecular flexibility index (Phi) is 11.8. The fourth-order valence-electron chi connectivity index (χ4n) is 8.13. The summed E-state index contributed by atoms with van der Waals surface area (Å²) in [7, 11) is 0. The Labute approximate surface area is 344 Å². The first kappa shape index (κ1) is 38.1. The van der Waals surface area contributed by atoms with Crippen LogP contribution in [0.15, 0.2) is 228 Å². The molecule has 3 heteroatoms. The maximum atomic E-state index is 5.29. The van der Waals surface area contributed by atoms with Crippen LogP contribution in [0, 0.1) is 11.3 Å². The first-order valence-electron chi connectivity index (χ1n) is 20.2. The summed E-state index contributed by atoms with van der Waals surface area (Å²) in [4.78, 5) is 9.81. The van der Waals surface area contributed by atoms with Crippen molar-refractivity contribution >= 4 is 29.3 Å². The van der Waals surface area contributed by atoms with Crippen LogP contribution >= 0.6 is 0 Å². The Morgan fingerprint density at radius 2 is 1.57 bits per heavy atom. The predicted octanol–water partition coefficient (Wildman–Crippen LogP) is 13.6. The van der Waals surface area contributed by atoms with Gasteiger partial charge in [0, 0.05) is 17.3 Å². The first-order chi connectivity index (χ1) is 28.6. The Hall–Kier alpha value is -6.84. The number of rotatable bonds is 13. The van der Waals surface area contributed by atoms with E-state index in [0.717, 1.165) is 41.9 Å². The maximum absolute atomic E-state index is 5.29. The van der Waals surface area contributed by atoms with Gasteiger partial charge >= 0.3 is 0 Å². The summed E-state index contributed by atoms with van der Waals surface area (Å²) < 4.78 is 0. The monoisotopic (exact) mass is 751 g/mol. The Bertz CT molecular complexity index is 2540. The first-order valence-corrected chi connectivity index (χ1v) is 20.2. The van der Waals surface area contributed by atoms with Crippen LogP contribution in [0.3, 0.4) is 0 Å². The van der Waals surface area contributed by atoms with E-state index >= 15 is 0 Å². The molecule has 1 N–H and O–H groups in total. The van der Waals surface area contributed by atoms with Gasteiger partial charge in [-0.3, -0.25) is 9.98 Å². The van der Waals surface area contributed by atoms with Crippen molar-refractivity contribution in [1.29, 1.82) is 0 Å². The van der Waals surface area contributed by atoms with E-state index in [-0.39, 0.29) is 5.41 Å². The molecule has 0 saturated carbocycles. The molecule has 3 aliphatic carbocycles. The zero-order chi connectivity index (χ0) is 39.6. The van der Waals surface area contributed by atoms with Gasteiger partial charge in [-0.05, 0) is 106 Å². The van der Waals surface area contributed by atoms with Crippen molar-refractivity contribution in [2.75, 3.05) is 5.32 Å². The number of fused-ring (bicyclic) bond motifs is 2. The topological polar surface area (TPSA) is 36.8 Å². The fraction of sp³-hybridized carbons (Fsp3) is 0.127. The summed E-state index contributed by atoms with van der Waals surface area (Å²) in [6, 6.07) is 46.8. The molecule has 0 radical (unpaired) electrons. The number of nitrogens with one attached hydrogen (secondary N) is 1. The molecule has 0 fully saturated rings. The van der Waals surface area contributed by atoms with Gasteiger partial charge in [0.1, 0.15) is 0 Å². The molecule has 5 aromatic rings. The molecule has 0 spiro atoms. The molecule has 3 nitrogen and oxygen atoms in total. The summed E-state index contributed by atoms with van der Waals surface area (Å²) in [5.41, 5.74) is 15.4. The third-order valence-corrected chi connectivity index (χ3v) is 11.3. The molecule has 0 amide bonds. The number of benzene rings is 5.